The average molecular weight is 547 g/mol. The molecule has 0 fully saturated rings. The van der Waals surface area contributed by atoms with E-state index in [0.29, 0.717) is 24.8 Å². The summed E-state index contributed by atoms with van der Waals surface area (Å²) in [6.07, 6.45) is -0.798. The van der Waals surface area contributed by atoms with E-state index < -0.39 is 6.10 Å². The second-order valence-corrected chi connectivity index (χ2v) is 6.65. The van der Waals surface area contributed by atoms with Crippen LogP contribution in [0.25, 0.3) is 0 Å². The number of benzene rings is 2. The van der Waals surface area contributed by atoms with Crippen LogP contribution in [0.15, 0.2) is 47.5 Å². The molecule has 0 aromatic heterocycles. The van der Waals surface area contributed by atoms with Crippen molar-refractivity contribution >= 4 is 29.9 Å². The van der Waals surface area contributed by atoms with Gasteiger partial charge >= 0.3 is 0 Å². The highest BCUT2D eigenvalue weighted by atomic mass is 127. The van der Waals surface area contributed by atoms with Crippen LogP contribution in [0.4, 0.5) is 4.39 Å². The molecule has 2 aromatic carbocycles. The number of rotatable bonds is 10. The van der Waals surface area contributed by atoms with Crippen molar-refractivity contribution in [3.8, 4) is 17.2 Å². The van der Waals surface area contributed by atoms with Gasteiger partial charge in [-0.1, -0.05) is 0 Å². The lowest BCUT2D eigenvalue weighted by atomic mass is 10.2. The molecule has 0 amide bonds. The van der Waals surface area contributed by atoms with Crippen LogP contribution in [0, 0.1) is 5.82 Å². The molecule has 9 heteroatoms. The van der Waals surface area contributed by atoms with Crippen molar-refractivity contribution in [3.63, 3.8) is 0 Å². The SMILES string of the molecule is CCNC(=NCC(O)COc1ccc(F)cc1)N(C)Cc1ccc(OC)cc1OC.I. The van der Waals surface area contributed by atoms with Gasteiger partial charge in [0.25, 0.3) is 0 Å². The molecule has 7 nitrogen and oxygen atoms in total. The number of hydrogen-bond donors (Lipinski definition) is 2. The summed E-state index contributed by atoms with van der Waals surface area (Å²) in [4.78, 5) is 6.45. The zero-order valence-corrected chi connectivity index (χ0v) is 20.6. The van der Waals surface area contributed by atoms with Gasteiger partial charge in [-0.2, -0.15) is 0 Å². The second-order valence-electron chi connectivity index (χ2n) is 6.65. The summed E-state index contributed by atoms with van der Waals surface area (Å²) in [6.45, 7) is 3.44. The zero-order chi connectivity index (χ0) is 21.9. The summed E-state index contributed by atoms with van der Waals surface area (Å²) in [7, 11) is 5.14. The van der Waals surface area contributed by atoms with Crippen molar-refractivity contribution in [1.82, 2.24) is 10.2 Å². The Hall–Kier alpha value is -2.27. The van der Waals surface area contributed by atoms with Crippen molar-refractivity contribution in [2.45, 2.75) is 19.6 Å². The Morgan fingerprint density at radius 1 is 1.13 bits per heavy atom. The maximum Gasteiger partial charge on any atom is 0.194 e. The summed E-state index contributed by atoms with van der Waals surface area (Å²) >= 11 is 0. The normalized spacial score (nSPS) is 11.9. The highest BCUT2D eigenvalue weighted by Crippen LogP contribution is 2.25. The standard InChI is InChI=1S/C22H30FN3O4.HI/c1-5-24-22(25-13-18(27)15-30-19-10-7-17(23)8-11-19)26(2)14-16-6-9-20(28-3)12-21(16)29-4;/h6-12,18,27H,5,13-15H2,1-4H3,(H,24,25);1H. The van der Waals surface area contributed by atoms with E-state index in [0.717, 1.165) is 17.1 Å². The maximum absolute atomic E-state index is 12.9. The number of hydrogen-bond acceptors (Lipinski definition) is 5. The summed E-state index contributed by atoms with van der Waals surface area (Å²) in [5.74, 6) is 2.26. The van der Waals surface area contributed by atoms with Crippen LogP contribution in [-0.4, -0.2) is 63.0 Å². The maximum atomic E-state index is 12.9. The summed E-state index contributed by atoms with van der Waals surface area (Å²) in [6, 6.07) is 11.3. The zero-order valence-electron chi connectivity index (χ0n) is 18.3. The molecule has 0 saturated heterocycles. The first-order valence-corrected chi connectivity index (χ1v) is 9.73. The molecule has 1 atom stereocenters. The molecule has 0 bridgehead atoms. The van der Waals surface area contributed by atoms with Crippen molar-refractivity contribution in [2.75, 3.05) is 41.0 Å². The lowest BCUT2D eigenvalue weighted by molar-refractivity contribution is 0.114. The molecule has 172 valence electrons. The number of nitrogens with zero attached hydrogens (tertiary/aromatic N) is 2. The van der Waals surface area contributed by atoms with Crippen LogP contribution >= 0.6 is 24.0 Å². The number of aliphatic imine (C=N–C) groups is 1. The topological polar surface area (TPSA) is 75.6 Å². The highest BCUT2D eigenvalue weighted by molar-refractivity contribution is 14.0. The molecule has 2 aromatic rings. The van der Waals surface area contributed by atoms with Gasteiger partial charge in [0, 0.05) is 31.8 Å². The number of ether oxygens (including phenoxy) is 3. The lowest BCUT2D eigenvalue weighted by Gasteiger charge is -2.23. The van der Waals surface area contributed by atoms with Gasteiger partial charge in [-0.15, -0.1) is 24.0 Å². The number of halogens is 2. The first-order valence-electron chi connectivity index (χ1n) is 9.73. The van der Waals surface area contributed by atoms with E-state index in [1.165, 1.54) is 24.3 Å². The van der Waals surface area contributed by atoms with Gasteiger partial charge in [0.1, 0.15) is 35.8 Å². The predicted molar refractivity (Wildman–Crippen MR) is 130 cm³/mol. The first-order chi connectivity index (χ1) is 14.5. The van der Waals surface area contributed by atoms with Gasteiger partial charge in [0.2, 0.25) is 0 Å². The van der Waals surface area contributed by atoms with Crippen molar-refractivity contribution in [1.29, 1.82) is 0 Å². The van der Waals surface area contributed by atoms with E-state index in [1.54, 1.807) is 14.2 Å². The molecular weight excluding hydrogens is 516 g/mol. The van der Waals surface area contributed by atoms with Gasteiger partial charge in [-0.25, -0.2) is 4.39 Å². The third-order valence-corrected chi connectivity index (χ3v) is 4.31. The van der Waals surface area contributed by atoms with Gasteiger partial charge in [-0.3, -0.25) is 4.99 Å². The van der Waals surface area contributed by atoms with Crippen LogP contribution in [0.1, 0.15) is 12.5 Å². The Bertz CT molecular complexity index is 821. The van der Waals surface area contributed by atoms with Crippen molar-refractivity contribution in [3.05, 3.63) is 53.8 Å². The van der Waals surface area contributed by atoms with E-state index in [1.807, 2.05) is 37.1 Å². The van der Waals surface area contributed by atoms with Crippen LogP contribution in [0.2, 0.25) is 0 Å². The highest BCUT2D eigenvalue weighted by Gasteiger charge is 2.12. The van der Waals surface area contributed by atoms with Crippen LogP contribution in [-0.2, 0) is 6.54 Å². The van der Waals surface area contributed by atoms with Gasteiger partial charge in [0.15, 0.2) is 5.96 Å². The summed E-state index contributed by atoms with van der Waals surface area (Å²) < 4.78 is 29.1. The minimum Gasteiger partial charge on any atom is -0.497 e. The molecule has 0 aliphatic heterocycles. The minimum atomic E-state index is -0.798. The average Bonchev–Trinajstić information content (AvgIpc) is 2.76. The van der Waals surface area contributed by atoms with Crippen LogP contribution in [0.3, 0.4) is 0 Å². The van der Waals surface area contributed by atoms with Gasteiger partial charge < -0.3 is 29.5 Å². The Morgan fingerprint density at radius 2 is 1.81 bits per heavy atom. The fraction of sp³-hybridized carbons (Fsp3) is 0.409. The Kier molecular flexibility index (Phi) is 12.0. The Balaban J connectivity index is 0.00000480. The monoisotopic (exact) mass is 547 g/mol. The third-order valence-electron chi connectivity index (χ3n) is 4.31. The first kappa shape index (κ1) is 26.8. The number of aliphatic hydroxyl groups excluding tert-OH is 1. The molecule has 2 rings (SSSR count). The molecule has 0 aliphatic carbocycles. The Labute approximate surface area is 200 Å². The van der Waals surface area contributed by atoms with Crippen molar-refractivity contribution < 1.29 is 23.7 Å². The fourth-order valence-electron chi connectivity index (χ4n) is 2.75. The predicted octanol–water partition coefficient (Wildman–Crippen LogP) is 3.30. The van der Waals surface area contributed by atoms with E-state index in [-0.39, 0.29) is 42.9 Å². The minimum absolute atomic E-state index is 0. The van der Waals surface area contributed by atoms with Gasteiger partial charge in [0.05, 0.1) is 20.8 Å². The van der Waals surface area contributed by atoms with E-state index in [4.69, 9.17) is 14.2 Å². The van der Waals surface area contributed by atoms with Gasteiger partial charge in [-0.05, 0) is 43.3 Å². The molecule has 0 aliphatic rings. The fourth-order valence-corrected chi connectivity index (χ4v) is 2.75. The smallest absolute Gasteiger partial charge is 0.194 e. The largest absolute Gasteiger partial charge is 0.497 e. The third kappa shape index (κ3) is 8.78. The molecule has 31 heavy (non-hydrogen) atoms. The number of aliphatic hydroxyl groups is 1. The van der Waals surface area contributed by atoms with Crippen LogP contribution < -0.4 is 19.5 Å². The van der Waals surface area contributed by atoms with E-state index in [9.17, 15) is 9.50 Å². The molecule has 0 saturated carbocycles. The quantitative estimate of drug-likeness (QED) is 0.270. The lowest BCUT2D eigenvalue weighted by Crippen LogP contribution is -2.39. The molecule has 2 N–H and O–H groups in total. The van der Waals surface area contributed by atoms with E-state index in [2.05, 4.69) is 10.3 Å². The molecule has 0 radical (unpaired) electrons. The molecule has 0 heterocycles. The molecular formula is C22H31FIN3O4. The Morgan fingerprint density at radius 3 is 2.42 bits per heavy atom. The number of methoxy groups -OCH3 is 2. The summed E-state index contributed by atoms with van der Waals surface area (Å²) in [5.41, 5.74) is 0.978. The van der Waals surface area contributed by atoms with E-state index >= 15 is 0 Å². The molecule has 1 unspecified atom stereocenters. The molecule has 0 spiro atoms. The van der Waals surface area contributed by atoms with Crippen molar-refractivity contribution in [2.24, 2.45) is 4.99 Å². The van der Waals surface area contributed by atoms with Crippen LogP contribution in [0.5, 0.6) is 17.2 Å². The summed E-state index contributed by atoms with van der Waals surface area (Å²) in [5, 5.41) is 13.4. The number of nitrogens with one attached hydrogen (secondary N) is 1. The second kappa shape index (κ2) is 13.9. The number of guanidine groups is 1.